The van der Waals surface area contributed by atoms with Gasteiger partial charge in [0.25, 0.3) is 0 Å². The zero-order valence-corrected chi connectivity index (χ0v) is 14.9. The lowest BCUT2D eigenvalue weighted by atomic mass is 10.1. The first-order chi connectivity index (χ1) is 11.2. The van der Waals surface area contributed by atoms with Crippen LogP contribution in [0, 0.1) is 0 Å². The molecule has 2 aromatic rings. The predicted octanol–water partition coefficient (Wildman–Crippen LogP) is 3.56. The van der Waals surface area contributed by atoms with E-state index in [-0.39, 0.29) is 17.8 Å². The molecular formula is C17H22ClN3O3. The van der Waals surface area contributed by atoms with Crippen LogP contribution in [0.2, 0.25) is 5.02 Å². The first kappa shape index (κ1) is 16.9. The van der Waals surface area contributed by atoms with E-state index in [0.29, 0.717) is 23.6 Å². The molecule has 1 unspecified atom stereocenters. The van der Waals surface area contributed by atoms with E-state index in [1.165, 1.54) is 0 Å². The van der Waals surface area contributed by atoms with Gasteiger partial charge in [-0.3, -0.25) is 4.57 Å². The second kappa shape index (κ2) is 6.16. The number of fused-ring (bicyclic) bond motifs is 1. The quantitative estimate of drug-likeness (QED) is 0.854. The van der Waals surface area contributed by atoms with E-state index in [4.69, 9.17) is 16.3 Å². The molecule has 1 atom stereocenters. The average molecular weight is 352 g/mol. The number of nitrogens with zero attached hydrogens (tertiary/aromatic N) is 2. The molecule has 2 heterocycles. The largest absolute Gasteiger partial charge is 0.444 e. The van der Waals surface area contributed by atoms with Crippen molar-refractivity contribution in [1.29, 1.82) is 0 Å². The molecule has 1 aliphatic heterocycles. The van der Waals surface area contributed by atoms with Crippen molar-refractivity contribution >= 4 is 28.7 Å². The molecule has 130 valence electrons. The maximum Gasteiger partial charge on any atom is 0.410 e. The number of aromatic nitrogens is 2. The number of H-pyrrole nitrogens is 1. The van der Waals surface area contributed by atoms with Gasteiger partial charge in [-0.1, -0.05) is 11.6 Å². The Balaban J connectivity index is 1.87. The fraction of sp³-hybridized carbons (Fsp3) is 0.529. The molecule has 3 rings (SSSR count). The summed E-state index contributed by atoms with van der Waals surface area (Å²) in [5.41, 5.74) is 0.809. The zero-order valence-electron chi connectivity index (χ0n) is 14.1. The highest BCUT2D eigenvalue weighted by Crippen LogP contribution is 2.26. The maximum atomic E-state index is 12.4. The number of ether oxygens (including phenoxy) is 1. The van der Waals surface area contributed by atoms with E-state index in [2.05, 4.69) is 4.98 Å². The number of carbonyl (C=O) groups is 1. The van der Waals surface area contributed by atoms with Gasteiger partial charge in [0.2, 0.25) is 0 Å². The molecule has 1 aliphatic rings. The maximum absolute atomic E-state index is 12.4. The third kappa shape index (κ3) is 3.43. The predicted molar refractivity (Wildman–Crippen MR) is 93.6 cm³/mol. The van der Waals surface area contributed by atoms with E-state index in [1.54, 1.807) is 21.6 Å². The Hall–Kier alpha value is -1.95. The standard InChI is InChI=1S/C17H22ClN3O3/c1-17(2,3)24-16(23)20-8-4-5-12(10-20)21-14-7-6-11(18)9-13(14)19-15(21)22/h6-7,9,12H,4-5,8,10H2,1-3H3,(H,19,22). The normalized spacial score (nSPS) is 18.8. The fourth-order valence-corrected chi connectivity index (χ4v) is 3.30. The fourth-order valence-electron chi connectivity index (χ4n) is 3.12. The van der Waals surface area contributed by atoms with Crippen LogP contribution in [-0.2, 0) is 4.74 Å². The van der Waals surface area contributed by atoms with Gasteiger partial charge >= 0.3 is 11.8 Å². The Bertz CT molecular complexity index is 819. The Labute approximate surface area is 145 Å². The van der Waals surface area contributed by atoms with Gasteiger partial charge < -0.3 is 14.6 Å². The Morgan fingerprint density at radius 1 is 1.38 bits per heavy atom. The molecule has 1 aromatic heterocycles. The number of rotatable bonds is 1. The van der Waals surface area contributed by atoms with Gasteiger partial charge in [-0.25, -0.2) is 9.59 Å². The lowest BCUT2D eigenvalue weighted by molar-refractivity contribution is 0.0173. The van der Waals surface area contributed by atoms with E-state index in [1.807, 2.05) is 26.8 Å². The van der Waals surface area contributed by atoms with Crippen LogP contribution >= 0.6 is 11.6 Å². The summed E-state index contributed by atoms with van der Waals surface area (Å²) in [7, 11) is 0. The molecule has 6 nitrogen and oxygen atoms in total. The topological polar surface area (TPSA) is 67.3 Å². The van der Waals surface area contributed by atoms with Crippen LogP contribution in [0.15, 0.2) is 23.0 Å². The monoisotopic (exact) mass is 351 g/mol. The van der Waals surface area contributed by atoms with Crippen LogP contribution in [0.5, 0.6) is 0 Å². The molecule has 1 N–H and O–H groups in total. The van der Waals surface area contributed by atoms with E-state index < -0.39 is 5.60 Å². The number of hydrogen-bond acceptors (Lipinski definition) is 3. The highest BCUT2D eigenvalue weighted by atomic mass is 35.5. The summed E-state index contributed by atoms with van der Waals surface area (Å²) >= 11 is 5.99. The number of piperidine rings is 1. The lowest BCUT2D eigenvalue weighted by Gasteiger charge is -2.34. The highest BCUT2D eigenvalue weighted by molar-refractivity contribution is 6.31. The number of carbonyl (C=O) groups excluding carboxylic acids is 1. The summed E-state index contributed by atoms with van der Waals surface area (Å²) in [6.07, 6.45) is 1.34. The number of hydrogen-bond donors (Lipinski definition) is 1. The Morgan fingerprint density at radius 2 is 2.12 bits per heavy atom. The Morgan fingerprint density at radius 3 is 2.83 bits per heavy atom. The molecule has 1 amide bonds. The van der Waals surface area contributed by atoms with Gasteiger partial charge in [0.1, 0.15) is 5.60 Å². The van der Waals surface area contributed by atoms with Crippen LogP contribution < -0.4 is 5.69 Å². The third-order valence-electron chi connectivity index (χ3n) is 4.09. The average Bonchev–Trinajstić information content (AvgIpc) is 2.80. The van der Waals surface area contributed by atoms with Crippen LogP contribution in [-0.4, -0.2) is 39.2 Å². The Kier molecular flexibility index (Phi) is 4.34. The van der Waals surface area contributed by atoms with Crippen molar-refractivity contribution in [1.82, 2.24) is 14.5 Å². The van der Waals surface area contributed by atoms with Crippen molar-refractivity contribution in [3.63, 3.8) is 0 Å². The number of imidazole rings is 1. The third-order valence-corrected chi connectivity index (χ3v) is 4.33. The molecule has 1 saturated heterocycles. The van der Waals surface area contributed by atoms with E-state index in [0.717, 1.165) is 18.4 Å². The molecule has 24 heavy (non-hydrogen) atoms. The summed E-state index contributed by atoms with van der Waals surface area (Å²) in [4.78, 5) is 29.2. The number of benzene rings is 1. The number of nitrogens with one attached hydrogen (secondary N) is 1. The minimum Gasteiger partial charge on any atom is -0.444 e. The molecule has 0 radical (unpaired) electrons. The van der Waals surface area contributed by atoms with Gasteiger partial charge in [-0.05, 0) is 51.8 Å². The van der Waals surface area contributed by atoms with Crippen LogP contribution in [0.3, 0.4) is 0 Å². The number of halogens is 1. The van der Waals surface area contributed by atoms with Crippen molar-refractivity contribution in [3.8, 4) is 0 Å². The molecule has 0 spiro atoms. The second-order valence-electron chi connectivity index (χ2n) is 7.18. The summed E-state index contributed by atoms with van der Waals surface area (Å²) in [6.45, 7) is 6.65. The van der Waals surface area contributed by atoms with Gasteiger partial charge in [-0.15, -0.1) is 0 Å². The SMILES string of the molecule is CC(C)(C)OC(=O)N1CCCC(n2c(=O)[nH]c3cc(Cl)ccc32)C1. The van der Waals surface area contributed by atoms with Crippen molar-refractivity contribution in [2.75, 3.05) is 13.1 Å². The van der Waals surface area contributed by atoms with Gasteiger partial charge in [-0.2, -0.15) is 0 Å². The molecule has 7 heteroatoms. The molecule has 0 saturated carbocycles. The van der Waals surface area contributed by atoms with Gasteiger partial charge in [0.05, 0.1) is 17.1 Å². The number of likely N-dealkylation sites (tertiary alicyclic amines) is 1. The molecule has 0 bridgehead atoms. The second-order valence-corrected chi connectivity index (χ2v) is 7.62. The summed E-state index contributed by atoms with van der Waals surface area (Å²) in [5.74, 6) is 0. The smallest absolute Gasteiger partial charge is 0.410 e. The van der Waals surface area contributed by atoms with Crippen molar-refractivity contribution in [2.45, 2.75) is 45.3 Å². The lowest BCUT2D eigenvalue weighted by Crippen LogP contribution is -2.44. The van der Waals surface area contributed by atoms with Crippen molar-refractivity contribution < 1.29 is 9.53 Å². The first-order valence-electron chi connectivity index (χ1n) is 8.12. The van der Waals surface area contributed by atoms with E-state index in [9.17, 15) is 9.59 Å². The summed E-state index contributed by atoms with van der Waals surface area (Å²) < 4.78 is 7.18. The molecule has 1 aromatic carbocycles. The summed E-state index contributed by atoms with van der Waals surface area (Å²) in [5, 5.41) is 0.579. The minimum atomic E-state index is -0.529. The number of amides is 1. The van der Waals surface area contributed by atoms with E-state index >= 15 is 0 Å². The van der Waals surface area contributed by atoms with Crippen molar-refractivity contribution in [3.05, 3.63) is 33.7 Å². The first-order valence-corrected chi connectivity index (χ1v) is 8.50. The van der Waals surface area contributed by atoms with Crippen LogP contribution in [0.25, 0.3) is 11.0 Å². The van der Waals surface area contributed by atoms with Gasteiger partial charge in [0, 0.05) is 18.1 Å². The highest BCUT2D eigenvalue weighted by Gasteiger charge is 2.29. The van der Waals surface area contributed by atoms with Crippen molar-refractivity contribution in [2.24, 2.45) is 0 Å². The van der Waals surface area contributed by atoms with Gasteiger partial charge in [0.15, 0.2) is 0 Å². The minimum absolute atomic E-state index is 0.0753. The molecule has 1 fully saturated rings. The molecule has 0 aliphatic carbocycles. The number of aromatic amines is 1. The zero-order chi connectivity index (χ0) is 17.5. The summed E-state index contributed by atoms with van der Waals surface area (Å²) in [6, 6.07) is 5.27. The van der Waals surface area contributed by atoms with Crippen LogP contribution in [0.4, 0.5) is 4.79 Å². The van der Waals surface area contributed by atoms with Crippen LogP contribution in [0.1, 0.15) is 39.7 Å². The molecular weight excluding hydrogens is 330 g/mol.